The molecule has 0 unspecified atom stereocenters. The first-order valence-electron chi connectivity index (χ1n) is 6.44. The quantitative estimate of drug-likeness (QED) is 0.793. The minimum Gasteiger partial charge on any atom is -0.272 e. The molecule has 116 valence electrons. The third-order valence-corrected chi connectivity index (χ3v) is 6.02. The molecule has 0 saturated carbocycles. The van der Waals surface area contributed by atoms with Gasteiger partial charge in [-0.05, 0) is 29.8 Å². The summed E-state index contributed by atoms with van der Waals surface area (Å²) in [7, 11) is -0.302. The predicted octanol–water partition coefficient (Wildman–Crippen LogP) is 1.53. The van der Waals surface area contributed by atoms with Crippen LogP contribution in [0.5, 0.6) is 0 Å². The Bertz CT molecular complexity index is 750. The fraction of sp³-hybridized carbons (Fsp3) is 0.500. The van der Waals surface area contributed by atoms with Gasteiger partial charge in [-0.15, -0.1) is 0 Å². The Labute approximate surface area is 132 Å². The SMILES string of the molecule is CCn1ncc(Br)c1CN(C)S(=O)(=O)c1cnn(C)c1C. The summed E-state index contributed by atoms with van der Waals surface area (Å²) >= 11 is 3.41. The maximum absolute atomic E-state index is 12.6. The first-order valence-corrected chi connectivity index (χ1v) is 8.67. The Morgan fingerprint density at radius 2 is 2.00 bits per heavy atom. The summed E-state index contributed by atoms with van der Waals surface area (Å²) < 4.78 is 30.7. The standard InChI is InChI=1S/C12H18BrN5O2S/c1-5-18-11(10(13)6-15-18)8-16(3)21(19,20)12-7-14-17(4)9(12)2/h6-7H,5,8H2,1-4H3. The zero-order chi connectivity index (χ0) is 15.8. The molecule has 0 amide bonds. The van der Waals surface area contributed by atoms with Gasteiger partial charge in [0.2, 0.25) is 10.0 Å². The highest BCUT2D eigenvalue weighted by Crippen LogP contribution is 2.23. The Hall–Kier alpha value is -1.19. The van der Waals surface area contributed by atoms with Gasteiger partial charge < -0.3 is 0 Å². The molecule has 0 radical (unpaired) electrons. The Morgan fingerprint density at radius 3 is 2.52 bits per heavy atom. The minimum atomic E-state index is -3.58. The Kier molecular flexibility index (Phi) is 4.54. The second-order valence-electron chi connectivity index (χ2n) is 4.73. The molecule has 0 fully saturated rings. The highest BCUT2D eigenvalue weighted by molar-refractivity contribution is 9.10. The third-order valence-electron chi connectivity index (χ3n) is 3.45. The fourth-order valence-electron chi connectivity index (χ4n) is 2.01. The maximum Gasteiger partial charge on any atom is 0.246 e. The molecule has 0 aromatic carbocycles. The number of sulfonamides is 1. The van der Waals surface area contributed by atoms with Crippen molar-refractivity contribution in [3.8, 4) is 0 Å². The number of hydrogen-bond acceptors (Lipinski definition) is 4. The first kappa shape index (κ1) is 16.2. The van der Waals surface area contributed by atoms with Crippen LogP contribution in [-0.2, 0) is 30.2 Å². The highest BCUT2D eigenvalue weighted by Gasteiger charge is 2.26. The van der Waals surface area contributed by atoms with Crippen LogP contribution in [0, 0.1) is 6.92 Å². The van der Waals surface area contributed by atoms with Crippen molar-refractivity contribution in [2.45, 2.75) is 31.8 Å². The zero-order valence-electron chi connectivity index (χ0n) is 12.4. The monoisotopic (exact) mass is 375 g/mol. The summed E-state index contributed by atoms with van der Waals surface area (Å²) in [5.41, 5.74) is 1.44. The summed E-state index contributed by atoms with van der Waals surface area (Å²) in [5, 5.41) is 8.19. The molecule has 0 N–H and O–H groups in total. The van der Waals surface area contributed by atoms with Gasteiger partial charge in [-0.1, -0.05) is 0 Å². The van der Waals surface area contributed by atoms with Crippen LogP contribution in [0.25, 0.3) is 0 Å². The number of aromatic nitrogens is 4. The van der Waals surface area contributed by atoms with Crippen LogP contribution in [0.1, 0.15) is 18.3 Å². The molecule has 0 aliphatic rings. The molecule has 0 atom stereocenters. The van der Waals surface area contributed by atoms with E-state index in [1.54, 1.807) is 36.6 Å². The molecule has 0 spiro atoms. The molecule has 0 aliphatic heterocycles. The molecular weight excluding hydrogens is 358 g/mol. The van der Waals surface area contributed by atoms with E-state index >= 15 is 0 Å². The van der Waals surface area contributed by atoms with Crippen molar-refractivity contribution in [1.82, 2.24) is 23.9 Å². The molecule has 2 aromatic rings. The van der Waals surface area contributed by atoms with Crippen molar-refractivity contribution in [1.29, 1.82) is 0 Å². The second-order valence-corrected chi connectivity index (χ2v) is 7.60. The summed E-state index contributed by atoms with van der Waals surface area (Å²) in [6.45, 7) is 4.62. The summed E-state index contributed by atoms with van der Waals surface area (Å²) in [6, 6.07) is 0. The van der Waals surface area contributed by atoms with Gasteiger partial charge in [-0.25, -0.2) is 8.42 Å². The molecule has 2 rings (SSSR count). The summed E-state index contributed by atoms with van der Waals surface area (Å²) in [6.07, 6.45) is 3.06. The predicted molar refractivity (Wildman–Crippen MR) is 82.2 cm³/mol. The molecule has 9 heteroatoms. The number of aryl methyl sites for hydroxylation is 2. The topological polar surface area (TPSA) is 73.0 Å². The third kappa shape index (κ3) is 2.90. The zero-order valence-corrected chi connectivity index (χ0v) is 14.8. The molecule has 0 bridgehead atoms. The van der Waals surface area contributed by atoms with E-state index < -0.39 is 10.0 Å². The van der Waals surface area contributed by atoms with Crippen molar-refractivity contribution in [2.75, 3.05) is 7.05 Å². The van der Waals surface area contributed by atoms with Gasteiger partial charge in [-0.3, -0.25) is 9.36 Å². The minimum absolute atomic E-state index is 0.228. The van der Waals surface area contributed by atoms with E-state index in [4.69, 9.17) is 0 Å². The number of nitrogens with zero attached hydrogens (tertiary/aromatic N) is 5. The lowest BCUT2D eigenvalue weighted by Gasteiger charge is -2.17. The lowest BCUT2D eigenvalue weighted by atomic mass is 10.4. The van der Waals surface area contributed by atoms with Crippen molar-refractivity contribution >= 4 is 26.0 Å². The molecule has 2 heterocycles. The number of halogens is 1. The first-order chi connectivity index (χ1) is 9.78. The number of hydrogen-bond donors (Lipinski definition) is 0. The second kappa shape index (κ2) is 5.90. The molecule has 21 heavy (non-hydrogen) atoms. The average molecular weight is 376 g/mol. The van der Waals surface area contributed by atoms with Gasteiger partial charge >= 0.3 is 0 Å². The molecule has 2 aromatic heterocycles. The fourth-order valence-corrected chi connectivity index (χ4v) is 3.75. The Morgan fingerprint density at radius 1 is 1.33 bits per heavy atom. The van der Waals surface area contributed by atoms with Crippen molar-refractivity contribution in [3.63, 3.8) is 0 Å². The van der Waals surface area contributed by atoms with Crippen molar-refractivity contribution < 1.29 is 8.42 Å². The van der Waals surface area contributed by atoms with Gasteiger partial charge in [0.1, 0.15) is 4.90 Å². The lowest BCUT2D eigenvalue weighted by Crippen LogP contribution is -2.28. The maximum atomic E-state index is 12.6. The average Bonchev–Trinajstić information content (AvgIpc) is 2.95. The lowest BCUT2D eigenvalue weighted by molar-refractivity contribution is 0.446. The van der Waals surface area contributed by atoms with Gasteiger partial charge in [0.05, 0.1) is 34.8 Å². The molecule has 0 saturated heterocycles. The van der Waals surface area contributed by atoms with E-state index in [9.17, 15) is 8.42 Å². The van der Waals surface area contributed by atoms with Gasteiger partial charge in [0, 0.05) is 20.6 Å². The summed E-state index contributed by atoms with van der Waals surface area (Å²) in [5.74, 6) is 0. The highest BCUT2D eigenvalue weighted by atomic mass is 79.9. The van der Waals surface area contributed by atoms with Crippen LogP contribution in [0.4, 0.5) is 0 Å². The van der Waals surface area contributed by atoms with Crippen LogP contribution in [-0.4, -0.2) is 39.3 Å². The largest absolute Gasteiger partial charge is 0.272 e. The summed E-state index contributed by atoms with van der Waals surface area (Å²) in [4.78, 5) is 0.228. The van der Waals surface area contributed by atoms with Gasteiger partial charge in [-0.2, -0.15) is 14.5 Å². The van der Waals surface area contributed by atoms with Gasteiger partial charge in [0.15, 0.2) is 0 Å². The van der Waals surface area contributed by atoms with Crippen LogP contribution >= 0.6 is 15.9 Å². The number of rotatable bonds is 5. The smallest absolute Gasteiger partial charge is 0.246 e. The van der Waals surface area contributed by atoms with E-state index in [2.05, 4.69) is 26.1 Å². The van der Waals surface area contributed by atoms with Crippen LogP contribution in [0.2, 0.25) is 0 Å². The van der Waals surface area contributed by atoms with E-state index in [-0.39, 0.29) is 11.4 Å². The van der Waals surface area contributed by atoms with E-state index in [0.29, 0.717) is 12.2 Å². The van der Waals surface area contributed by atoms with Gasteiger partial charge in [0.25, 0.3) is 0 Å². The van der Waals surface area contributed by atoms with Crippen LogP contribution in [0.15, 0.2) is 21.8 Å². The van der Waals surface area contributed by atoms with E-state index in [1.807, 2.05) is 6.92 Å². The normalized spacial score (nSPS) is 12.3. The molecule has 7 nitrogen and oxygen atoms in total. The molecule has 0 aliphatic carbocycles. The van der Waals surface area contributed by atoms with Crippen LogP contribution in [0.3, 0.4) is 0 Å². The van der Waals surface area contributed by atoms with Crippen molar-refractivity contribution in [3.05, 3.63) is 28.3 Å². The van der Waals surface area contributed by atoms with Crippen molar-refractivity contribution in [2.24, 2.45) is 7.05 Å². The Balaban J connectivity index is 2.33. The van der Waals surface area contributed by atoms with Crippen LogP contribution < -0.4 is 0 Å². The van der Waals surface area contributed by atoms with E-state index in [1.165, 1.54) is 10.5 Å². The molecular formula is C12H18BrN5O2S. The van der Waals surface area contributed by atoms with E-state index in [0.717, 1.165) is 10.2 Å².